The highest BCUT2D eigenvalue weighted by atomic mass is 127. The van der Waals surface area contributed by atoms with Gasteiger partial charge in [0.25, 0.3) is 0 Å². The zero-order chi connectivity index (χ0) is 21.3. The Morgan fingerprint density at radius 3 is 2.59 bits per heavy atom. The Bertz CT molecular complexity index is 1090. The molecule has 0 amide bonds. The summed E-state index contributed by atoms with van der Waals surface area (Å²) in [5, 5.41) is 6.75. The number of nitrogens with zero attached hydrogens (tertiary/aromatic N) is 3. The summed E-state index contributed by atoms with van der Waals surface area (Å²) >= 11 is 0. The second-order valence-electron chi connectivity index (χ2n) is 7.27. The summed E-state index contributed by atoms with van der Waals surface area (Å²) in [6, 6.07) is 21.1. The third kappa shape index (κ3) is 6.46. The van der Waals surface area contributed by atoms with E-state index in [0.29, 0.717) is 6.54 Å². The van der Waals surface area contributed by atoms with Crippen molar-refractivity contribution < 1.29 is 4.42 Å². The van der Waals surface area contributed by atoms with Crippen molar-refractivity contribution in [2.24, 2.45) is 4.99 Å². The van der Waals surface area contributed by atoms with Crippen LogP contribution in [0.25, 0.3) is 11.1 Å². The molecule has 0 fully saturated rings. The molecule has 0 atom stereocenters. The lowest BCUT2D eigenvalue weighted by Crippen LogP contribution is -2.37. The van der Waals surface area contributed by atoms with E-state index in [1.54, 1.807) is 19.5 Å². The molecule has 2 heterocycles. The zero-order valence-electron chi connectivity index (χ0n) is 18.1. The van der Waals surface area contributed by atoms with Crippen molar-refractivity contribution in [3.63, 3.8) is 0 Å². The Kier molecular flexibility index (Phi) is 8.91. The SMILES string of the molecule is CN=C(NCCc1ccco1)NCc1ccccc1-c1ccc(Cn2ccnc2)cc1.I. The Labute approximate surface area is 205 Å². The minimum absolute atomic E-state index is 0. The first kappa shape index (κ1) is 23.6. The molecule has 0 aliphatic rings. The summed E-state index contributed by atoms with van der Waals surface area (Å²) in [6.45, 7) is 2.27. The first-order valence-corrected chi connectivity index (χ1v) is 10.4. The lowest BCUT2D eigenvalue weighted by atomic mass is 9.98. The zero-order valence-corrected chi connectivity index (χ0v) is 20.4. The van der Waals surface area contributed by atoms with Crippen LogP contribution in [0.4, 0.5) is 0 Å². The number of halogens is 1. The minimum Gasteiger partial charge on any atom is -0.469 e. The maximum Gasteiger partial charge on any atom is 0.191 e. The smallest absolute Gasteiger partial charge is 0.191 e. The molecule has 0 radical (unpaired) electrons. The fraction of sp³-hybridized carbons (Fsp3) is 0.200. The Hall–Kier alpha value is -3.07. The number of guanidine groups is 1. The summed E-state index contributed by atoms with van der Waals surface area (Å²) in [6.07, 6.45) is 8.13. The maximum absolute atomic E-state index is 5.38. The molecule has 6 nitrogen and oxygen atoms in total. The second kappa shape index (κ2) is 12.1. The van der Waals surface area contributed by atoms with Crippen molar-refractivity contribution in [2.75, 3.05) is 13.6 Å². The number of aromatic nitrogens is 2. The molecule has 0 saturated carbocycles. The lowest BCUT2D eigenvalue weighted by molar-refractivity contribution is 0.507. The molecule has 0 spiro atoms. The van der Waals surface area contributed by atoms with Crippen molar-refractivity contribution in [1.29, 1.82) is 0 Å². The lowest BCUT2D eigenvalue weighted by Gasteiger charge is -2.14. The average Bonchev–Trinajstić information content (AvgIpc) is 3.51. The number of nitrogens with one attached hydrogen (secondary N) is 2. The minimum atomic E-state index is 0. The number of aliphatic imine (C=N–C) groups is 1. The van der Waals surface area contributed by atoms with Crippen LogP contribution in [0.2, 0.25) is 0 Å². The van der Waals surface area contributed by atoms with Crippen molar-refractivity contribution in [2.45, 2.75) is 19.5 Å². The van der Waals surface area contributed by atoms with Gasteiger partial charge < -0.3 is 19.6 Å². The fourth-order valence-corrected chi connectivity index (χ4v) is 3.50. The highest BCUT2D eigenvalue weighted by Crippen LogP contribution is 2.24. The van der Waals surface area contributed by atoms with Crippen LogP contribution in [0.5, 0.6) is 0 Å². The topological polar surface area (TPSA) is 67.4 Å². The van der Waals surface area contributed by atoms with Gasteiger partial charge in [0, 0.05) is 45.5 Å². The van der Waals surface area contributed by atoms with E-state index in [1.165, 1.54) is 22.3 Å². The van der Waals surface area contributed by atoms with Crippen LogP contribution >= 0.6 is 24.0 Å². The standard InChI is InChI=1S/C25H27N5O.HI/c1-26-25(28-13-12-23-6-4-16-31-23)29-17-22-5-2-3-7-24(22)21-10-8-20(9-11-21)18-30-15-14-27-19-30;/h2-11,14-16,19H,12-13,17-18H2,1H3,(H2,26,28,29);1H. The van der Waals surface area contributed by atoms with Crippen molar-refractivity contribution in [3.05, 3.63) is 103 Å². The quantitative estimate of drug-likeness (QED) is 0.193. The maximum atomic E-state index is 5.38. The third-order valence-corrected chi connectivity index (χ3v) is 5.12. The van der Waals surface area contributed by atoms with Crippen LogP contribution in [-0.2, 0) is 19.5 Å². The molecule has 166 valence electrons. The van der Waals surface area contributed by atoms with Crippen LogP contribution in [-0.4, -0.2) is 29.1 Å². The predicted molar refractivity (Wildman–Crippen MR) is 139 cm³/mol. The highest BCUT2D eigenvalue weighted by Gasteiger charge is 2.07. The molecule has 0 unspecified atom stereocenters. The normalized spacial score (nSPS) is 11.1. The van der Waals surface area contributed by atoms with Gasteiger partial charge in [0.05, 0.1) is 12.6 Å². The molecule has 2 aromatic carbocycles. The summed E-state index contributed by atoms with van der Waals surface area (Å²) in [5.41, 5.74) is 4.89. The Morgan fingerprint density at radius 2 is 1.88 bits per heavy atom. The largest absolute Gasteiger partial charge is 0.469 e. The summed E-state index contributed by atoms with van der Waals surface area (Å²) in [7, 11) is 1.78. The molecular weight excluding hydrogens is 513 g/mol. The predicted octanol–water partition coefficient (Wildman–Crippen LogP) is 4.72. The second-order valence-corrected chi connectivity index (χ2v) is 7.27. The monoisotopic (exact) mass is 541 g/mol. The third-order valence-electron chi connectivity index (χ3n) is 5.12. The van der Waals surface area contributed by atoms with Crippen molar-refractivity contribution in [1.82, 2.24) is 20.2 Å². The van der Waals surface area contributed by atoms with E-state index in [9.17, 15) is 0 Å². The number of hydrogen-bond acceptors (Lipinski definition) is 3. The number of imidazole rings is 1. The van der Waals surface area contributed by atoms with E-state index in [0.717, 1.165) is 31.2 Å². The van der Waals surface area contributed by atoms with E-state index in [2.05, 4.69) is 73.7 Å². The number of rotatable bonds is 8. The first-order chi connectivity index (χ1) is 15.3. The van der Waals surface area contributed by atoms with E-state index >= 15 is 0 Å². The van der Waals surface area contributed by atoms with Gasteiger partial charge in [-0.2, -0.15) is 0 Å². The summed E-state index contributed by atoms with van der Waals surface area (Å²) < 4.78 is 7.44. The van der Waals surface area contributed by atoms with Gasteiger partial charge in [-0.05, 0) is 34.4 Å². The first-order valence-electron chi connectivity index (χ1n) is 10.4. The number of hydrogen-bond donors (Lipinski definition) is 2. The van der Waals surface area contributed by atoms with Gasteiger partial charge >= 0.3 is 0 Å². The molecule has 32 heavy (non-hydrogen) atoms. The van der Waals surface area contributed by atoms with Gasteiger partial charge in [-0.3, -0.25) is 4.99 Å². The van der Waals surface area contributed by atoms with Gasteiger partial charge in [-0.1, -0.05) is 48.5 Å². The van der Waals surface area contributed by atoms with Crippen molar-refractivity contribution in [3.8, 4) is 11.1 Å². The molecule has 0 saturated heterocycles. The van der Waals surface area contributed by atoms with Crippen LogP contribution in [0.15, 0.2) is 95.1 Å². The van der Waals surface area contributed by atoms with Gasteiger partial charge in [0.15, 0.2) is 5.96 Å². The molecule has 2 N–H and O–H groups in total. The molecular formula is C25H28IN5O. The molecule has 2 aromatic heterocycles. The molecule has 4 rings (SSSR count). The van der Waals surface area contributed by atoms with E-state index < -0.39 is 0 Å². The fourth-order valence-electron chi connectivity index (χ4n) is 3.50. The van der Waals surface area contributed by atoms with E-state index in [-0.39, 0.29) is 24.0 Å². The molecule has 7 heteroatoms. The van der Waals surface area contributed by atoms with Crippen LogP contribution in [0, 0.1) is 0 Å². The number of benzene rings is 2. The number of furan rings is 1. The Balaban J connectivity index is 0.00000289. The van der Waals surface area contributed by atoms with Gasteiger partial charge in [-0.25, -0.2) is 4.98 Å². The van der Waals surface area contributed by atoms with E-state index in [4.69, 9.17) is 4.42 Å². The molecule has 0 bridgehead atoms. The van der Waals surface area contributed by atoms with Crippen LogP contribution < -0.4 is 10.6 Å². The van der Waals surface area contributed by atoms with Gasteiger partial charge in [0.2, 0.25) is 0 Å². The summed E-state index contributed by atoms with van der Waals surface area (Å²) in [5.74, 6) is 1.74. The molecule has 0 aliphatic heterocycles. The Morgan fingerprint density at radius 1 is 1.03 bits per heavy atom. The van der Waals surface area contributed by atoms with Gasteiger partial charge in [0.1, 0.15) is 5.76 Å². The van der Waals surface area contributed by atoms with Crippen molar-refractivity contribution >= 4 is 29.9 Å². The summed E-state index contributed by atoms with van der Waals surface area (Å²) in [4.78, 5) is 8.43. The molecule has 0 aliphatic carbocycles. The van der Waals surface area contributed by atoms with E-state index in [1.807, 2.05) is 24.7 Å². The molecule has 4 aromatic rings. The van der Waals surface area contributed by atoms with Crippen LogP contribution in [0.3, 0.4) is 0 Å². The van der Waals surface area contributed by atoms with Crippen LogP contribution in [0.1, 0.15) is 16.9 Å². The highest BCUT2D eigenvalue weighted by molar-refractivity contribution is 14.0. The van der Waals surface area contributed by atoms with Gasteiger partial charge in [-0.15, -0.1) is 24.0 Å². The average molecular weight is 541 g/mol.